The number of ether oxygens (including phenoxy) is 2. The number of aliphatic hydroxyl groups excluding tert-OH is 2. The Bertz CT molecular complexity index is 1510. The highest BCUT2D eigenvalue weighted by Gasteiger charge is 2.51. The Morgan fingerprint density at radius 3 is 2.30 bits per heavy atom. The molecule has 0 radical (unpaired) electrons. The summed E-state index contributed by atoms with van der Waals surface area (Å²) in [6, 6.07) is 22.0. The fraction of sp³-hybridized carbons (Fsp3) is 0.500. The predicted molar refractivity (Wildman–Crippen MR) is 178 cm³/mol. The third kappa shape index (κ3) is 7.50. The maximum Gasteiger partial charge on any atom is 0.319 e. The largest absolute Gasteiger partial charge is 0.508 e. The molecule has 4 saturated carbocycles. The summed E-state index contributed by atoms with van der Waals surface area (Å²) < 4.78 is 13.1. The number of hydrogen-bond donors (Lipinski definition) is 5. The number of phenolic OH excluding ortho intramolecular Hbond substituents is 1. The molecule has 1 saturated heterocycles. The number of rotatable bonds is 10. The zero-order chi connectivity index (χ0) is 32.5. The molecule has 9 nitrogen and oxygen atoms in total. The minimum atomic E-state index is -0.767. The van der Waals surface area contributed by atoms with E-state index in [1.165, 1.54) is 19.3 Å². The second-order valence-electron chi connectivity index (χ2n) is 14.6. The van der Waals surface area contributed by atoms with Crippen LogP contribution in [0.2, 0.25) is 0 Å². The van der Waals surface area contributed by atoms with Crippen LogP contribution < -0.4 is 10.6 Å². The standard InChI is InChI=1S/C38H47N3O6/c1-41(22-34(44)29-4-3-7-32(43)16-29)21-33-17-35(28-10-8-24(23-42)9-11-28)47-36(46-33)30-5-2-6-31(15-30)39-37(45)40-38-18-25-12-26(19-38)14-27(13-25)20-38/h2-11,15-16,25-27,33-36,42-44H,12-14,17-23H2,1H3,(H2,39,40,45)/t25?,26?,27?,33-,34+,35+,36+,38?/m0/s1. The lowest BCUT2D eigenvalue weighted by molar-refractivity contribution is -0.252. The molecule has 5 N–H and O–H groups in total. The molecule has 47 heavy (non-hydrogen) atoms. The summed E-state index contributed by atoms with van der Waals surface area (Å²) in [5.74, 6) is 2.37. The van der Waals surface area contributed by atoms with Gasteiger partial charge in [0.05, 0.1) is 24.9 Å². The summed E-state index contributed by atoms with van der Waals surface area (Å²) in [7, 11) is 1.94. The number of likely N-dealkylation sites (N-methyl/N-ethyl adjacent to an activating group) is 1. The van der Waals surface area contributed by atoms with Crippen molar-refractivity contribution in [2.45, 2.75) is 81.7 Å². The van der Waals surface area contributed by atoms with Crippen molar-refractivity contribution in [3.05, 3.63) is 95.1 Å². The molecule has 2 amide bonds. The monoisotopic (exact) mass is 641 g/mol. The van der Waals surface area contributed by atoms with Crippen LogP contribution in [0.3, 0.4) is 0 Å². The number of aliphatic hydroxyl groups is 2. The minimum Gasteiger partial charge on any atom is -0.508 e. The maximum absolute atomic E-state index is 13.3. The van der Waals surface area contributed by atoms with Crippen LogP contribution >= 0.6 is 0 Å². The van der Waals surface area contributed by atoms with E-state index in [-0.39, 0.29) is 36.1 Å². The van der Waals surface area contributed by atoms with E-state index in [1.54, 1.807) is 24.3 Å². The summed E-state index contributed by atoms with van der Waals surface area (Å²) >= 11 is 0. The predicted octanol–water partition coefficient (Wildman–Crippen LogP) is 6.19. The van der Waals surface area contributed by atoms with E-state index >= 15 is 0 Å². The zero-order valence-electron chi connectivity index (χ0n) is 27.1. The summed E-state index contributed by atoms with van der Waals surface area (Å²) in [6.07, 6.45) is 5.96. The van der Waals surface area contributed by atoms with Gasteiger partial charge in [0.2, 0.25) is 0 Å². The molecule has 5 fully saturated rings. The molecule has 0 spiro atoms. The summed E-state index contributed by atoms with van der Waals surface area (Å²) in [5, 5.41) is 36.7. The van der Waals surface area contributed by atoms with Crippen molar-refractivity contribution >= 4 is 11.7 Å². The van der Waals surface area contributed by atoms with Gasteiger partial charge in [-0.25, -0.2) is 4.79 Å². The third-order valence-corrected chi connectivity index (χ3v) is 10.7. The van der Waals surface area contributed by atoms with Crippen molar-refractivity contribution in [2.75, 3.05) is 25.5 Å². The lowest BCUT2D eigenvalue weighted by atomic mass is 9.53. The molecule has 5 aliphatic rings. The van der Waals surface area contributed by atoms with Crippen LogP contribution in [0.1, 0.15) is 85.7 Å². The molecule has 4 aliphatic carbocycles. The van der Waals surface area contributed by atoms with Gasteiger partial charge in [-0.2, -0.15) is 0 Å². The van der Waals surface area contributed by atoms with Crippen LogP contribution in [0.25, 0.3) is 0 Å². The van der Waals surface area contributed by atoms with E-state index in [0.717, 1.165) is 53.7 Å². The first-order valence-corrected chi connectivity index (χ1v) is 17.1. The van der Waals surface area contributed by atoms with Crippen molar-refractivity contribution in [3.8, 4) is 5.75 Å². The molecular weight excluding hydrogens is 594 g/mol. The first-order chi connectivity index (χ1) is 22.7. The first-order valence-electron chi connectivity index (χ1n) is 17.1. The molecular formula is C38H47N3O6. The highest BCUT2D eigenvalue weighted by Crippen LogP contribution is 2.55. The van der Waals surface area contributed by atoms with Crippen LogP contribution in [-0.2, 0) is 16.1 Å². The van der Waals surface area contributed by atoms with Gasteiger partial charge in [-0.15, -0.1) is 0 Å². The van der Waals surface area contributed by atoms with Crippen molar-refractivity contribution < 1.29 is 29.6 Å². The van der Waals surface area contributed by atoms with E-state index in [1.807, 2.05) is 60.5 Å². The number of nitrogens with zero attached hydrogens (tertiary/aromatic N) is 1. The number of carbonyl (C=O) groups is 1. The molecule has 0 unspecified atom stereocenters. The first kappa shape index (κ1) is 32.1. The Hall–Kier alpha value is -3.47. The Balaban J connectivity index is 1.04. The number of aromatic hydroxyl groups is 1. The van der Waals surface area contributed by atoms with Crippen molar-refractivity contribution in [3.63, 3.8) is 0 Å². The van der Waals surface area contributed by atoms with E-state index < -0.39 is 12.4 Å². The lowest BCUT2D eigenvalue weighted by Gasteiger charge is -2.56. The smallest absolute Gasteiger partial charge is 0.319 e. The molecule has 3 aromatic carbocycles. The van der Waals surface area contributed by atoms with E-state index in [2.05, 4.69) is 10.6 Å². The quantitative estimate of drug-likeness (QED) is 0.179. The van der Waals surface area contributed by atoms with Crippen LogP contribution in [0, 0.1) is 17.8 Å². The molecule has 4 atom stereocenters. The Morgan fingerprint density at radius 1 is 0.915 bits per heavy atom. The minimum absolute atomic E-state index is 0.0251. The van der Waals surface area contributed by atoms with Crippen molar-refractivity contribution in [1.82, 2.24) is 10.2 Å². The number of amides is 2. The highest BCUT2D eigenvalue weighted by atomic mass is 16.7. The number of hydrogen-bond acceptors (Lipinski definition) is 7. The fourth-order valence-electron chi connectivity index (χ4n) is 9.02. The fourth-order valence-corrected chi connectivity index (χ4v) is 9.02. The third-order valence-electron chi connectivity index (χ3n) is 10.7. The number of nitrogens with one attached hydrogen (secondary N) is 2. The number of benzene rings is 3. The van der Waals surface area contributed by atoms with Crippen molar-refractivity contribution in [2.24, 2.45) is 17.8 Å². The molecule has 250 valence electrons. The maximum atomic E-state index is 13.3. The van der Waals surface area contributed by atoms with Gasteiger partial charge in [-0.3, -0.25) is 0 Å². The summed E-state index contributed by atoms with van der Waals surface area (Å²) in [5.41, 5.74) is 3.91. The van der Waals surface area contributed by atoms with Crippen LogP contribution in [0.4, 0.5) is 10.5 Å². The van der Waals surface area contributed by atoms with E-state index in [0.29, 0.717) is 30.8 Å². The molecule has 9 heteroatoms. The summed E-state index contributed by atoms with van der Waals surface area (Å²) in [4.78, 5) is 15.3. The van der Waals surface area contributed by atoms with E-state index in [9.17, 15) is 20.1 Å². The van der Waals surface area contributed by atoms with Gasteiger partial charge in [0.15, 0.2) is 6.29 Å². The van der Waals surface area contributed by atoms with Gasteiger partial charge < -0.3 is 40.3 Å². The van der Waals surface area contributed by atoms with Gasteiger partial charge in [0.25, 0.3) is 0 Å². The van der Waals surface area contributed by atoms with Gasteiger partial charge in [-0.05, 0) is 104 Å². The van der Waals surface area contributed by atoms with Crippen molar-refractivity contribution in [1.29, 1.82) is 0 Å². The number of anilines is 1. The Labute approximate surface area is 276 Å². The second-order valence-corrected chi connectivity index (χ2v) is 14.6. The van der Waals surface area contributed by atoms with Gasteiger partial charge in [0, 0.05) is 36.3 Å². The number of carbonyl (C=O) groups excluding carboxylic acids is 1. The molecule has 4 bridgehead atoms. The molecule has 3 aromatic rings. The van der Waals surface area contributed by atoms with Gasteiger partial charge >= 0.3 is 6.03 Å². The average molecular weight is 642 g/mol. The molecule has 1 heterocycles. The molecule has 1 aliphatic heterocycles. The second kappa shape index (κ2) is 13.6. The Morgan fingerprint density at radius 2 is 1.62 bits per heavy atom. The zero-order valence-corrected chi connectivity index (χ0v) is 27.1. The average Bonchev–Trinajstić information content (AvgIpc) is 3.03. The lowest BCUT2D eigenvalue weighted by Crippen LogP contribution is -2.60. The normalized spacial score (nSPS) is 30.3. The number of phenols is 1. The van der Waals surface area contributed by atoms with Crippen LogP contribution in [0.15, 0.2) is 72.8 Å². The Kier molecular flexibility index (Phi) is 9.26. The van der Waals surface area contributed by atoms with Crippen LogP contribution in [-0.4, -0.2) is 58.0 Å². The van der Waals surface area contributed by atoms with Gasteiger partial charge in [-0.1, -0.05) is 48.5 Å². The molecule has 0 aromatic heterocycles. The highest BCUT2D eigenvalue weighted by molar-refractivity contribution is 5.90. The molecule has 8 rings (SSSR count). The SMILES string of the molecule is CN(C[C@@H]1C[C@H](c2ccc(CO)cc2)O[C@H](c2cccc(NC(=O)NC34CC5CC(CC(C5)C3)C4)c2)O1)C[C@@H](O)c1cccc(O)c1. The van der Waals surface area contributed by atoms with Crippen LogP contribution in [0.5, 0.6) is 5.75 Å². The van der Waals surface area contributed by atoms with Gasteiger partial charge in [0.1, 0.15) is 5.75 Å². The summed E-state index contributed by atoms with van der Waals surface area (Å²) in [6.45, 7) is 0.887. The van der Waals surface area contributed by atoms with E-state index in [4.69, 9.17) is 9.47 Å². The number of urea groups is 1. The topological polar surface area (TPSA) is 124 Å².